The summed E-state index contributed by atoms with van der Waals surface area (Å²) in [6, 6.07) is 2.98. The number of rotatable bonds is 3. The summed E-state index contributed by atoms with van der Waals surface area (Å²) >= 11 is 0. The quantitative estimate of drug-likeness (QED) is 0.781. The molecule has 0 bridgehead atoms. The van der Waals surface area contributed by atoms with Gasteiger partial charge in [-0.1, -0.05) is 6.92 Å². The summed E-state index contributed by atoms with van der Waals surface area (Å²) in [7, 11) is 0. The molecule has 0 unspecified atom stereocenters. The van der Waals surface area contributed by atoms with Crippen LogP contribution in [-0.2, 0) is 6.42 Å². The van der Waals surface area contributed by atoms with E-state index >= 15 is 0 Å². The van der Waals surface area contributed by atoms with E-state index in [-0.39, 0.29) is 17.0 Å². The van der Waals surface area contributed by atoms with Gasteiger partial charge in [0.25, 0.3) is 5.56 Å². The molecule has 3 N–H and O–H groups in total. The van der Waals surface area contributed by atoms with E-state index < -0.39 is 0 Å². The van der Waals surface area contributed by atoms with Gasteiger partial charge in [0.1, 0.15) is 6.26 Å². The van der Waals surface area contributed by atoms with Gasteiger partial charge in [-0.2, -0.15) is 0 Å². The largest absolute Gasteiger partial charge is 0.472 e. The van der Waals surface area contributed by atoms with Gasteiger partial charge in [-0.15, -0.1) is 0 Å². The molecule has 0 atom stereocenters. The second-order valence-corrected chi connectivity index (χ2v) is 3.64. The molecule has 0 fully saturated rings. The molecule has 0 saturated heterocycles. The number of hydrogen-bond acceptors (Lipinski definition) is 4. The van der Waals surface area contributed by atoms with Crippen LogP contribution in [0, 0.1) is 0 Å². The number of carbonyl (C=O) groups excluding carboxylic acids is 1. The summed E-state index contributed by atoms with van der Waals surface area (Å²) < 4.78 is 4.86. The van der Waals surface area contributed by atoms with Crippen molar-refractivity contribution in [3.05, 3.63) is 51.8 Å². The fraction of sp³-hybridized carbons (Fsp3) is 0.167. The van der Waals surface area contributed by atoms with Crippen LogP contribution in [0.15, 0.2) is 33.9 Å². The Morgan fingerprint density at radius 1 is 1.53 bits per heavy atom. The smallest absolute Gasteiger partial charge is 0.271 e. The van der Waals surface area contributed by atoms with Gasteiger partial charge in [0.2, 0.25) is 0 Å². The summed E-state index contributed by atoms with van der Waals surface area (Å²) in [4.78, 5) is 26.1. The van der Waals surface area contributed by atoms with Gasteiger partial charge in [-0.25, -0.2) is 0 Å². The summed E-state index contributed by atoms with van der Waals surface area (Å²) in [5.74, 6) is -0.210. The number of nitrogens with two attached hydrogens (primary N) is 1. The van der Waals surface area contributed by atoms with E-state index in [1.54, 1.807) is 6.07 Å². The predicted octanol–water partition coefficient (Wildman–Crippen LogP) is 1.34. The van der Waals surface area contributed by atoms with Gasteiger partial charge in [0, 0.05) is 11.3 Å². The van der Waals surface area contributed by atoms with E-state index in [4.69, 9.17) is 10.2 Å². The Morgan fingerprint density at radius 2 is 2.29 bits per heavy atom. The number of carbonyl (C=O) groups is 1. The lowest BCUT2D eigenvalue weighted by atomic mass is 10.0. The molecule has 17 heavy (non-hydrogen) atoms. The Morgan fingerprint density at radius 3 is 2.88 bits per heavy atom. The normalized spacial score (nSPS) is 10.4. The van der Waals surface area contributed by atoms with Crippen molar-refractivity contribution in [3.8, 4) is 0 Å². The second kappa shape index (κ2) is 4.29. The number of ketones is 1. The maximum absolute atomic E-state index is 12.1. The highest BCUT2D eigenvalue weighted by Crippen LogP contribution is 2.14. The molecule has 0 saturated carbocycles. The van der Waals surface area contributed by atoms with Crippen molar-refractivity contribution in [1.82, 2.24) is 4.98 Å². The van der Waals surface area contributed by atoms with Crippen LogP contribution in [0.1, 0.15) is 28.5 Å². The highest BCUT2D eigenvalue weighted by atomic mass is 16.3. The summed E-state index contributed by atoms with van der Waals surface area (Å²) in [6.07, 6.45) is 3.34. The third-order valence-electron chi connectivity index (χ3n) is 2.53. The Balaban J connectivity index is 2.55. The summed E-state index contributed by atoms with van der Waals surface area (Å²) in [6.45, 7) is 1.85. The number of nitrogen functional groups attached to an aromatic ring is 1. The highest BCUT2D eigenvalue weighted by Gasteiger charge is 2.16. The minimum absolute atomic E-state index is 0.0362. The van der Waals surface area contributed by atoms with Gasteiger partial charge < -0.3 is 15.1 Å². The number of nitrogens with one attached hydrogen (secondary N) is 1. The standard InChI is InChI=1S/C12H12N2O3/c1-2-10-8(5-9(13)12(16)14-10)11(15)7-3-4-17-6-7/h3-6H,2,13H2,1H3,(H,14,16). The molecule has 2 rings (SSSR count). The number of furan rings is 1. The van der Waals surface area contributed by atoms with Gasteiger partial charge >= 0.3 is 0 Å². The van der Waals surface area contributed by atoms with Crippen molar-refractivity contribution in [2.45, 2.75) is 13.3 Å². The van der Waals surface area contributed by atoms with Crippen molar-refractivity contribution in [1.29, 1.82) is 0 Å². The summed E-state index contributed by atoms with van der Waals surface area (Å²) in [5.41, 5.74) is 6.61. The molecule has 2 heterocycles. The average molecular weight is 232 g/mol. The molecule has 0 radical (unpaired) electrons. The Bertz CT molecular complexity index is 597. The van der Waals surface area contributed by atoms with E-state index in [9.17, 15) is 9.59 Å². The van der Waals surface area contributed by atoms with E-state index in [0.29, 0.717) is 23.2 Å². The molecule has 2 aromatic rings. The van der Waals surface area contributed by atoms with Crippen LogP contribution in [0.2, 0.25) is 0 Å². The zero-order valence-electron chi connectivity index (χ0n) is 9.32. The lowest BCUT2D eigenvalue weighted by molar-refractivity contribution is 0.103. The van der Waals surface area contributed by atoms with Crippen molar-refractivity contribution in [3.63, 3.8) is 0 Å². The summed E-state index contributed by atoms with van der Waals surface area (Å²) in [5, 5.41) is 0. The van der Waals surface area contributed by atoms with Crippen molar-refractivity contribution >= 4 is 11.5 Å². The maximum atomic E-state index is 12.1. The van der Waals surface area contributed by atoms with Crippen LogP contribution >= 0.6 is 0 Å². The molecule has 2 aromatic heterocycles. The molecule has 5 heteroatoms. The molecule has 0 aliphatic carbocycles. The van der Waals surface area contributed by atoms with Gasteiger partial charge in [-0.3, -0.25) is 9.59 Å². The van der Waals surface area contributed by atoms with Crippen LogP contribution in [0.25, 0.3) is 0 Å². The molecule has 0 aliphatic rings. The van der Waals surface area contributed by atoms with E-state index in [0.717, 1.165) is 0 Å². The second-order valence-electron chi connectivity index (χ2n) is 3.64. The number of aromatic amines is 1. The first-order chi connectivity index (χ1) is 8.13. The predicted molar refractivity (Wildman–Crippen MR) is 63.0 cm³/mol. The first-order valence-electron chi connectivity index (χ1n) is 5.22. The van der Waals surface area contributed by atoms with Gasteiger partial charge in [-0.05, 0) is 18.6 Å². The molecule has 5 nitrogen and oxygen atoms in total. The molecule has 0 spiro atoms. The molecule has 0 amide bonds. The average Bonchev–Trinajstić information content (AvgIpc) is 2.84. The molecule has 0 aromatic carbocycles. The van der Waals surface area contributed by atoms with Crippen molar-refractivity contribution < 1.29 is 9.21 Å². The lowest BCUT2D eigenvalue weighted by Gasteiger charge is -2.06. The fourth-order valence-corrected chi connectivity index (χ4v) is 1.62. The third-order valence-corrected chi connectivity index (χ3v) is 2.53. The van der Waals surface area contributed by atoms with Crippen molar-refractivity contribution in [2.75, 3.05) is 5.73 Å². The zero-order chi connectivity index (χ0) is 12.4. The zero-order valence-corrected chi connectivity index (χ0v) is 9.32. The number of aryl methyl sites for hydroxylation is 1. The topological polar surface area (TPSA) is 89.1 Å². The van der Waals surface area contributed by atoms with E-state index in [1.165, 1.54) is 18.6 Å². The number of pyridine rings is 1. The van der Waals surface area contributed by atoms with Crippen molar-refractivity contribution in [2.24, 2.45) is 0 Å². The Kier molecular flexibility index (Phi) is 2.82. The first-order valence-corrected chi connectivity index (χ1v) is 5.22. The molecular formula is C12H12N2O3. The first kappa shape index (κ1) is 11.2. The monoisotopic (exact) mass is 232 g/mol. The van der Waals surface area contributed by atoms with Gasteiger partial charge in [0.15, 0.2) is 5.78 Å². The minimum Gasteiger partial charge on any atom is -0.472 e. The minimum atomic E-state index is -0.370. The van der Waals surface area contributed by atoms with E-state index in [1.807, 2.05) is 6.92 Å². The van der Waals surface area contributed by atoms with Crippen LogP contribution in [0.3, 0.4) is 0 Å². The molecular weight excluding hydrogens is 220 g/mol. The third kappa shape index (κ3) is 1.99. The maximum Gasteiger partial charge on any atom is 0.271 e. The van der Waals surface area contributed by atoms with Crippen LogP contribution in [0.5, 0.6) is 0 Å². The molecule has 88 valence electrons. The van der Waals surface area contributed by atoms with E-state index in [2.05, 4.69) is 4.98 Å². The Labute approximate surface area is 97.3 Å². The van der Waals surface area contributed by atoms with Gasteiger partial charge in [0.05, 0.1) is 17.5 Å². The van der Waals surface area contributed by atoms with Crippen LogP contribution in [0.4, 0.5) is 5.69 Å². The number of anilines is 1. The molecule has 0 aliphatic heterocycles. The Hall–Kier alpha value is -2.30. The fourth-order valence-electron chi connectivity index (χ4n) is 1.62. The van der Waals surface area contributed by atoms with Crippen LogP contribution in [-0.4, -0.2) is 10.8 Å². The highest BCUT2D eigenvalue weighted by molar-refractivity contribution is 6.09. The lowest BCUT2D eigenvalue weighted by Crippen LogP contribution is -2.18. The van der Waals surface area contributed by atoms with Crippen LogP contribution < -0.4 is 11.3 Å². The SMILES string of the molecule is CCc1[nH]c(=O)c(N)cc1C(=O)c1ccoc1. The number of hydrogen-bond donors (Lipinski definition) is 2. The number of H-pyrrole nitrogens is 1. The number of aromatic nitrogens is 1.